The van der Waals surface area contributed by atoms with E-state index in [2.05, 4.69) is 5.32 Å². The van der Waals surface area contributed by atoms with Crippen LogP contribution in [0, 0.1) is 5.92 Å². The van der Waals surface area contributed by atoms with Gasteiger partial charge in [-0.3, -0.25) is 0 Å². The SMILES string of the molecule is CNC1CCN(C(=O)OC(C)(C)C)C2COCCC12. The van der Waals surface area contributed by atoms with Crippen molar-refractivity contribution in [3.05, 3.63) is 0 Å². The number of nitrogens with zero attached hydrogens (tertiary/aromatic N) is 1. The third-order valence-corrected chi connectivity index (χ3v) is 3.98. The minimum Gasteiger partial charge on any atom is -0.444 e. The van der Waals surface area contributed by atoms with Crippen molar-refractivity contribution in [2.75, 3.05) is 26.8 Å². The topological polar surface area (TPSA) is 50.8 Å². The number of hydrogen-bond donors (Lipinski definition) is 1. The van der Waals surface area contributed by atoms with Gasteiger partial charge >= 0.3 is 6.09 Å². The third kappa shape index (κ3) is 3.39. The molecule has 2 aliphatic heterocycles. The highest BCUT2D eigenvalue weighted by Crippen LogP contribution is 2.31. The lowest BCUT2D eigenvalue weighted by Crippen LogP contribution is -2.60. The molecular weight excluding hydrogens is 244 g/mol. The van der Waals surface area contributed by atoms with Crippen molar-refractivity contribution >= 4 is 6.09 Å². The van der Waals surface area contributed by atoms with Gasteiger partial charge in [-0.1, -0.05) is 0 Å². The minimum absolute atomic E-state index is 0.148. The number of hydrogen-bond acceptors (Lipinski definition) is 4. The van der Waals surface area contributed by atoms with Crippen LogP contribution < -0.4 is 5.32 Å². The van der Waals surface area contributed by atoms with Crippen molar-refractivity contribution in [1.82, 2.24) is 10.2 Å². The Morgan fingerprint density at radius 2 is 2.11 bits per heavy atom. The zero-order chi connectivity index (χ0) is 14.0. The monoisotopic (exact) mass is 270 g/mol. The molecule has 5 nitrogen and oxygen atoms in total. The van der Waals surface area contributed by atoms with E-state index in [4.69, 9.17) is 9.47 Å². The Hall–Kier alpha value is -0.810. The Morgan fingerprint density at radius 3 is 2.74 bits per heavy atom. The predicted molar refractivity (Wildman–Crippen MR) is 73.1 cm³/mol. The first kappa shape index (κ1) is 14.6. The molecule has 110 valence electrons. The quantitative estimate of drug-likeness (QED) is 0.786. The molecule has 5 heteroatoms. The van der Waals surface area contributed by atoms with E-state index in [0.717, 1.165) is 26.0 Å². The standard InChI is InChI=1S/C14H26N2O3/c1-14(2,3)19-13(17)16-7-5-11(15-4)10-6-8-18-9-12(10)16/h10-12,15H,5-9H2,1-4H3. The van der Waals surface area contributed by atoms with E-state index in [-0.39, 0.29) is 12.1 Å². The van der Waals surface area contributed by atoms with E-state index < -0.39 is 5.60 Å². The number of fused-ring (bicyclic) bond motifs is 1. The van der Waals surface area contributed by atoms with Gasteiger partial charge in [0.1, 0.15) is 5.60 Å². The second-order valence-electron chi connectivity index (χ2n) is 6.45. The molecular formula is C14H26N2O3. The fourth-order valence-corrected chi connectivity index (χ4v) is 3.09. The summed E-state index contributed by atoms with van der Waals surface area (Å²) in [6, 6.07) is 0.627. The van der Waals surface area contributed by atoms with E-state index in [1.54, 1.807) is 0 Å². The van der Waals surface area contributed by atoms with Gasteiger partial charge in [0.2, 0.25) is 0 Å². The van der Waals surface area contributed by atoms with Gasteiger partial charge in [0.25, 0.3) is 0 Å². The number of ether oxygens (including phenoxy) is 2. The van der Waals surface area contributed by atoms with Gasteiger partial charge < -0.3 is 19.7 Å². The maximum atomic E-state index is 12.3. The first-order valence-electron chi connectivity index (χ1n) is 7.17. The van der Waals surface area contributed by atoms with Crippen molar-refractivity contribution in [2.24, 2.45) is 5.92 Å². The number of piperidine rings is 1. The molecule has 0 aliphatic carbocycles. The van der Waals surface area contributed by atoms with Crippen LogP contribution in [0.15, 0.2) is 0 Å². The number of carbonyl (C=O) groups is 1. The van der Waals surface area contributed by atoms with Crippen LogP contribution in [-0.2, 0) is 9.47 Å². The van der Waals surface area contributed by atoms with Crippen LogP contribution in [0.5, 0.6) is 0 Å². The number of amides is 1. The van der Waals surface area contributed by atoms with E-state index in [1.807, 2.05) is 32.7 Å². The molecule has 0 aromatic rings. The second kappa shape index (κ2) is 5.67. The molecule has 2 aliphatic rings. The fourth-order valence-electron chi connectivity index (χ4n) is 3.09. The first-order valence-corrected chi connectivity index (χ1v) is 7.17. The summed E-state index contributed by atoms with van der Waals surface area (Å²) in [6.45, 7) is 7.87. The van der Waals surface area contributed by atoms with Crippen molar-refractivity contribution in [3.63, 3.8) is 0 Å². The molecule has 2 fully saturated rings. The molecule has 3 unspecified atom stereocenters. The predicted octanol–water partition coefficient (Wildman–Crippen LogP) is 1.62. The molecule has 1 amide bonds. The van der Waals surface area contributed by atoms with Crippen molar-refractivity contribution in [2.45, 2.75) is 51.3 Å². The van der Waals surface area contributed by atoms with E-state index in [1.165, 1.54) is 0 Å². The summed E-state index contributed by atoms with van der Waals surface area (Å²) < 4.78 is 11.1. The zero-order valence-electron chi connectivity index (χ0n) is 12.4. The number of rotatable bonds is 1. The summed E-state index contributed by atoms with van der Waals surface area (Å²) in [5.74, 6) is 0.472. The van der Waals surface area contributed by atoms with Crippen LogP contribution >= 0.6 is 0 Å². The zero-order valence-corrected chi connectivity index (χ0v) is 12.4. The van der Waals surface area contributed by atoms with Crippen LogP contribution in [0.25, 0.3) is 0 Å². The summed E-state index contributed by atoms with van der Waals surface area (Å²) in [7, 11) is 2.00. The minimum atomic E-state index is -0.443. The molecule has 2 saturated heterocycles. The van der Waals surface area contributed by atoms with Crippen LogP contribution in [0.4, 0.5) is 4.79 Å². The normalized spacial score (nSPS) is 31.8. The molecule has 0 bridgehead atoms. The lowest BCUT2D eigenvalue weighted by atomic mass is 9.82. The molecule has 1 N–H and O–H groups in total. The average molecular weight is 270 g/mol. The Kier molecular flexibility index (Phi) is 4.36. The van der Waals surface area contributed by atoms with Gasteiger partial charge in [-0.2, -0.15) is 0 Å². The van der Waals surface area contributed by atoms with E-state index in [9.17, 15) is 4.79 Å². The summed E-state index contributed by atoms with van der Waals surface area (Å²) in [6.07, 6.45) is 1.79. The van der Waals surface area contributed by atoms with Crippen LogP contribution in [0.2, 0.25) is 0 Å². The smallest absolute Gasteiger partial charge is 0.410 e. The Labute approximate surface area is 115 Å². The average Bonchev–Trinajstić information content (AvgIpc) is 2.35. The Balaban J connectivity index is 2.07. The van der Waals surface area contributed by atoms with Crippen molar-refractivity contribution in [1.29, 1.82) is 0 Å². The number of carbonyl (C=O) groups excluding carboxylic acids is 1. The first-order chi connectivity index (χ1) is 8.92. The van der Waals surface area contributed by atoms with E-state index >= 15 is 0 Å². The van der Waals surface area contributed by atoms with Gasteiger partial charge in [0.05, 0.1) is 12.6 Å². The van der Waals surface area contributed by atoms with Gasteiger partial charge in [0.15, 0.2) is 0 Å². The van der Waals surface area contributed by atoms with Gasteiger partial charge in [-0.15, -0.1) is 0 Å². The molecule has 0 aromatic carbocycles. The molecule has 2 rings (SSSR count). The molecule has 0 saturated carbocycles. The summed E-state index contributed by atoms with van der Waals surface area (Å²) >= 11 is 0. The second-order valence-corrected chi connectivity index (χ2v) is 6.45. The highest BCUT2D eigenvalue weighted by molar-refractivity contribution is 5.68. The maximum Gasteiger partial charge on any atom is 0.410 e. The summed E-state index contributed by atoms with van der Waals surface area (Å²) in [5.41, 5.74) is -0.443. The lowest BCUT2D eigenvalue weighted by Gasteiger charge is -2.47. The highest BCUT2D eigenvalue weighted by atomic mass is 16.6. The largest absolute Gasteiger partial charge is 0.444 e. The van der Waals surface area contributed by atoms with Crippen molar-refractivity contribution < 1.29 is 14.3 Å². The van der Waals surface area contributed by atoms with Crippen LogP contribution in [0.1, 0.15) is 33.6 Å². The van der Waals surface area contributed by atoms with Gasteiger partial charge in [-0.05, 0) is 46.6 Å². The van der Waals surface area contributed by atoms with Gasteiger partial charge in [-0.25, -0.2) is 4.79 Å². The lowest BCUT2D eigenvalue weighted by molar-refractivity contribution is -0.0596. The van der Waals surface area contributed by atoms with Crippen LogP contribution in [-0.4, -0.2) is 55.5 Å². The molecule has 19 heavy (non-hydrogen) atoms. The van der Waals surface area contributed by atoms with Crippen molar-refractivity contribution in [3.8, 4) is 0 Å². The number of likely N-dealkylation sites (tertiary alicyclic amines) is 1. The highest BCUT2D eigenvalue weighted by Gasteiger charge is 2.42. The third-order valence-electron chi connectivity index (χ3n) is 3.98. The maximum absolute atomic E-state index is 12.3. The summed E-state index contributed by atoms with van der Waals surface area (Å²) in [4.78, 5) is 14.2. The fraction of sp³-hybridized carbons (Fsp3) is 0.929. The molecule has 0 spiro atoms. The molecule has 0 aromatic heterocycles. The van der Waals surface area contributed by atoms with E-state index in [0.29, 0.717) is 18.6 Å². The summed E-state index contributed by atoms with van der Waals surface area (Å²) in [5, 5.41) is 3.38. The number of nitrogens with one attached hydrogen (secondary N) is 1. The Bertz CT molecular complexity index is 327. The Morgan fingerprint density at radius 1 is 1.37 bits per heavy atom. The molecule has 0 radical (unpaired) electrons. The molecule has 3 atom stereocenters. The van der Waals surface area contributed by atoms with Crippen LogP contribution in [0.3, 0.4) is 0 Å². The molecule has 2 heterocycles. The van der Waals surface area contributed by atoms with Gasteiger partial charge in [0, 0.05) is 19.2 Å².